The number of amides is 1. The van der Waals surface area contributed by atoms with Gasteiger partial charge < -0.3 is 14.6 Å². The molecule has 0 aliphatic rings. The van der Waals surface area contributed by atoms with Gasteiger partial charge in [0.15, 0.2) is 0 Å². The van der Waals surface area contributed by atoms with E-state index in [2.05, 4.69) is 39.7 Å². The number of rotatable bonds is 8. The molecule has 2 rings (SSSR count). The number of methoxy groups -OCH3 is 1. The summed E-state index contributed by atoms with van der Waals surface area (Å²) in [6.45, 7) is 6.65. The second-order valence-electron chi connectivity index (χ2n) is 6.60. The van der Waals surface area contributed by atoms with Crippen molar-refractivity contribution in [2.45, 2.75) is 46.5 Å². The molecule has 0 radical (unpaired) electrons. The molecule has 26 heavy (non-hydrogen) atoms. The lowest BCUT2D eigenvalue weighted by molar-refractivity contribution is -0.140. The molecule has 0 saturated heterocycles. The molecule has 1 heterocycles. The summed E-state index contributed by atoms with van der Waals surface area (Å²) in [5.41, 5.74) is 4.95. The normalized spacial score (nSPS) is 10.6. The van der Waals surface area contributed by atoms with Gasteiger partial charge in [0.2, 0.25) is 0 Å². The average molecular weight is 356 g/mol. The molecular formula is C21H28N2O3. The Morgan fingerprint density at radius 3 is 2.54 bits per heavy atom. The van der Waals surface area contributed by atoms with E-state index in [0.717, 1.165) is 36.3 Å². The zero-order valence-corrected chi connectivity index (χ0v) is 16.1. The van der Waals surface area contributed by atoms with E-state index in [9.17, 15) is 9.59 Å². The maximum Gasteiger partial charge on any atom is 0.305 e. The Kier molecular flexibility index (Phi) is 7.01. The molecule has 0 aliphatic carbocycles. The molecule has 0 unspecified atom stereocenters. The second-order valence-corrected chi connectivity index (χ2v) is 6.60. The minimum Gasteiger partial charge on any atom is -0.469 e. The number of unbranched alkanes of at least 4 members (excludes halogenated alkanes) is 2. The number of esters is 1. The molecule has 0 bridgehead atoms. The number of nitrogens with one attached hydrogen (secondary N) is 1. The standard InChI is InChI=1S/C21H28N2O3/c1-15-9-8-10-18(13-15)23-16(2)14-19(17(23)3)21(25)22-12-7-5-6-11-20(24)26-4/h8-10,13-14H,5-7,11-12H2,1-4H3,(H,22,25). The van der Waals surface area contributed by atoms with Gasteiger partial charge in [-0.3, -0.25) is 9.59 Å². The first kappa shape index (κ1) is 19.8. The summed E-state index contributed by atoms with van der Waals surface area (Å²) in [4.78, 5) is 23.6. The van der Waals surface area contributed by atoms with Crippen molar-refractivity contribution in [3.8, 4) is 5.69 Å². The molecule has 5 nitrogen and oxygen atoms in total. The van der Waals surface area contributed by atoms with Gasteiger partial charge in [-0.1, -0.05) is 18.6 Å². The highest BCUT2D eigenvalue weighted by Crippen LogP contribution is 2.21. The lowest BCUT2D eigenvalue weighted by Crippen LogP contribution is -2.25. The number of aromatic nitrogens is 1. The Balaban J connectivity index is 1.94. The fraction of sp³-hybridized carbons (Fsp3) is 0.429. The predicted octanol–water partition coefficient (Wildman–Crippen LogP) is 3.87. The number of carbonyl (C=O) groups excluding carboxylic acids is 2. The van der Waals surface area contributed by atoms with Crippen LogP contribution in [0.25, 0.3) is 5.69 Å². The Hall–Kier alpha value is -2.56. The molecule has 1 amide bonds. The summed E-state index contributed by atoms with van der Waals surface area (Å²) in [5, 5.41) is 2.98. The first-order valence-electron chi connectivity index (χ1n) is 9.05. The van der Waals surface area contributed by atoms with Gasteiger partial charge in [0.05, 0.1) is 12.7 Å². The average Bonchev–Trinajstić information content (AvgIpc) is 2.92. The largest absolute Gasteiger partial charge is 0.469 e. The molecular weight excluding hydrogens is 328 g/mol. The number of benzene rings is 1. The zero-order valence-electron chi connectivity index (χ0n) is 16.1. The molecule has 0 atom stereocenters. The molecule has 1 aromatic carbocycles. The van der Waals surface area contributed by atoms with Crippen LogP contribution >= 0.6 is 0 Å². The van der Waals surface area contributed by atoms with Crippen LogP contribution in [0.3, 0.4) is 0 Å². The SMILES string of the molecule is COC(=O)CCCCCNC(=O)c1cc(C)n(-c2cccc(C)c2)c1C. The topological polar surface area (TPSA) is 60.3 Å². The van der Waals surface area contributed by atoms with E-state index >= 15 is 0 Å². The smallest absolute Gasteiger partial charge is 0.305 e. The maximum absolute atomic E-state index is 12.5. The van der Waals surface area contributed by atoms with Gasteiger partial charge >= 0.3 is 5.97 Å². The highest BCUT2D eigenvalue weighted by atomic mass is 16.5. The zero-order chi connectivity index (χ0) is 19.1. The van der Waals surface area contributed by atoms with Crippen molar-refractivity contribution in [1.82, 2.24) is 9.88 Å². The Bertz CT molecular complexity index is 778. The minimum absolute atomic E-state index is 0.0510. The Morgan fingerprint density at radius 1 is 1.08 bits per heavy atom. The van der Waals surface area contributed by atoms with Crippen molar-refractivity contribution in [2.24, 2.45) is 0 Å². The third-order valence-corrected chi connectivity index (χ3v) is 4.51. The van der Waals surface area contributed by atoms with Crippen molar-refractivity contribution in [2.75, 3.05) is 13.7 Å². The highest BCUT2D eigenvalue weighted by molar-refractivity contribution is 5.95. The second kappa shape index (κ2) is 9.22. The Labute approximate surface area is 155 Å². The van der Waals surface area contributed by atoms with Gasteiger partial charge in [-0.05, 0) is 57.4 Å². The number of hydrogen-bond acceptors (Lipinski definition) is 3. The molecule has 1 N–H and O–H groups in total. The monoisotopic (exact) mass is 356 g/mol. The van der Waals surface area contributed by atoms with Crippen LogP contribution in [-0.2, 0) is 9.53 Å². The molecule has 0 aliphatic heterocycles. The molecule has 0 spiro atoms. The van der Waals surface area contributed by atoms with E-state index < -0.39 is 0 Å². The summed E-state index contributed by atoms with van der Waals surface area (Å²) in [6, 6.07) is 10.2. The summed E-state index contributed by atoms with van der Waals surface area (Å²) < 4.78 is 6.72. The van der Waals surface area contributed by atoms with Crippen LogP contribution in [0.1, 0.15) is 53.0 Å². The van der Waals surface area contributed by atoms with Crippen LogP contribution < -0.4 is 5.32 Å². The van der Waals surface area contributed by atoms with Gasteiger partial charge in [-0.25, -0.2) is 0 Å². The van der Waals surface area contributed by atoms with E-state index in [0.29, 0.717) is 18.5 Å². The number of hydrogen-bond donors (Lipinski definition) is 1. The van der Waals surface area contributed by atoms with Crippen LogP contribution in [-0.4, -0.2) is 30.1 Å². The number of ether oxygens (including phenoxy) is 1. The van der Waals surface area contributed by atoms with Crippen LogP contribution in [0.5, 0.6) is 0 Å². The molecule has 0 saturated carbocycles. The first-order chi connectivity index (χ1) is 12.4. The number of aryl methyl sites for hydroxylation is 2. The van der Waals surface area contributed by atoms with E-state index in [1.807, 2.05) is 26.0 Å². The van der Waals surface area contributed by atoms with E-state index in [1.165, 1.54) is 12.7 Å². The minimum atomic E-state index is -0.183. The van der Waals surface area contributed by atoms with Crippen molar-refractivity contribution >= 4 is 11.9 Å². The third kappa shape index (κ3) is 4.97. The van der Waals surface area contributed by atoms with Gasteiger partial charge in [0.1, 0.15) is 0 Å². The first-order valence-corrected chi connectivity index (χ1v) is 9.05. The van der Waals surface area contributed by atoms with Crippen LogP contribution in [0.15, 0.2) is 30.3 Å². The molecule has 1 aromatic heterocycles. The Morgan fingerprint density at radius 2 is 1.85 bits per heavy atom. The summed E-state index contributed by atoms with van der Waals surface area (Å²) >= 11 is 0. The number of carbonyl (C=O) groups is 2. The van der Waals surface area contributed by atoms with Gasteiger partial charge in [0.25, 0.3) is 5.91 Å². The lowest BCUT2D eigenvalue weighted by Gasteiger charge is -2.11. The maximum atomic E-state index is 12.5. The lowest BCUT2D eigenvalue weighted by atomic mass is 10.2. The summed E-state index contributed by atoms with van der Waals surface area (Å²) in [6.07, 6.45) is 2.95. The fourth-order valence-corrected chi connectivity index (χ4v) is 3.13. The predicted molar refractivity (Wildman–Crippen MR) is 103 cm³/mol. The quantitative estimate of drug-likeness (QED) is 0.577. The van der Waals surface area contributed by atoms with Crippen molar-refractivity contribution in [3.05, 3.63) is 52.8 Å². The van der Waals surface area contributed by atoms with E-state index in [-0.39, 0.29) is 11.9 Å². The van der Waals surface area contributed by atoms with E-state index in [4.69, 9.17) is 0 Å². The van der Waals surface area contributed by atoms with Crippen molar-refractivity contribution in [1.29, 1.82) is 0 Å². The van der Waals surface area contributed by atoms with Crippen LogP contribution in [0, 0.1) is 20.8 Å². The molecule has 0 fully saturated rings. The number of nitrogens with zero attached hydrogens (tertiary/aromatic N) is 1. The van der Waals surface area contributed by atoms with E-state index in [1.54, 1.807) is 0 Å². The van der Waals surface area contributed by atoms with Gasteiger partial charge in [-0.2, -0.15) is 0 Å². The molecule has 140 valence electrons. The van der Waals surface area contributed by atoms with Crippen molar-refractivity contribution < 1.29 is 14.3 Å². The summed E-state index contributed by atoms with van der Waals surface area (Å²) in [7, 11) is 1.40. The summed E-state index contributed by atoms with van der Waals surface area (Å²) in [5.74, 6) is -0.234. The third-order valence-electron chi connectivity index (χ3n) is 4.51. The van der Waals surface area contributed by atoms with Crippen LogP contribution in [0.4, 0.5) is 0 Å². The van der Waals surface area contributed by atoms with Gasteiger partial charge in [0, 0.05) is 30.0 Å². The fourth-order valence-electron chi connectivity index (χ4n) is 3.13. The molecule has 2 aromatic rings. The van der Waals surface area contributed by atoms with Gasteiger partial charge in [-0.15, -0.1) is 0 Å². The molecule has 5 heteroatoms. The van der Waals surface area contributed by atoms with Crippen LogP contribution in [0.2, 0.25) is 0 Å². The van der Waals surface area contributed by atoms with Crippen molar-refractivity contribution in [3.63, 3.8) is 0 Å². The highest BCUT2D eigenvalue weighted by Gasteiger charge is 2.16.